The van der Waals surface area contributed by atoms with E-state index in [0.29, 0.717) is 32.0 Å². The van der Waals surface area contributed by atoms with E-state index in [9.17, 15) is 4.79 Å². The van der Waals surface area contributed by atoms with Gasteiger partial charge >= 0.3 is 0 Å². The molecular weight excluding hydrogens is 406 g/mol. The predicted octanol–water partition coefficient (Wildman–Crippen LogP) is 2.73. The molecule has 1 atom stereocenters. The second-order valence-electron chi connectivity index (χ2n) is 9.08. The number of amides is 1. The molecule has 3 saturated heterocycles. The van der Waals surface area contributed by atoms with E-state index >= 15 is 0 Å². The van der Waals surface area contributed by atoms with Crippen molar-refractivity contribution in [2.75, 3.05) is 44.3 Å². The summed E-state index contributed by atoms with van der Waals surface area (Å²) >= 11 is 0. The number of pyridine rings is 1. The maximum absolute atomic E-state index is 13.3. The molecule has 8 nitrogen and oxygen atoms in total. The van der Waals surface area contributed by atoms with Gasteiger partial charge in [0.25, 0.3) is 0 Å². The number of anilines is 1. The van der Waals surface area contributed by atoms with E-state index in [1.165, 1.54) is 0 Å². The van der Waals surface area contributed by atoms with Crippen LogP contribution in [0.1, 0.15) is 50.9 Å². The van der Waals surface area contributed by atoms with Gasteiger partial charge in [-0.25, -0.2) is 15.0 Å². The first kappa shape index (κ1) is 21.5. The summed E-state index contributed by atoms with van der Waals surface area (Å²) < 4.78 is 11.6. The number of carbonyl (C=O) groups excluding carboxylic acids is 1. The average Bonchev–Trinajstić information content (AvgIpc) is 3.30. The van der Waals surface area contributed by atoms with Crippen molar-refractivity contribution in [2.45, 2.75) is 58.2 Å². The third kappa shape index (κ3) is 4.06. The number of rotatable bonds is 4. The van der Waals surface area contributed by atoms with Gasteiger partial charge in [-0.1, -0.05) is 13.8 Å². The molecule has 3 aliphatic rings. The topological polar surface area (TPSA) is 80.7 Å². The number of hydrogen-bond acceptors (Lipinski definition) is 7. The zero-order valence-electron chi connectivity index (χ0n) is 19.2. The molecule has 0 unspecified atom stereocenters. The van der Waals surface area contributed by atoms with Gasteiger partial charge in [-0.2, -0.15) is 0 Å². The zero-order valence-corrected chi connectivity index (χ0v) is 19.2. The molecule has 0 radical (unpaired) electrons. The normalized spacial score (nSPS) is 23.2. The minimum Gasteiger partial charge on any atom is -0.369 e. The van der Waals surface area contributed by atoms with Crippen LogP contribution in [0.15, 0.2) is 12.3 Å². The summed E-state index contributed by atoms with van der Waals surface area (Å²) in [5.74, 6) is -0.169. The summed E-state index contributed by atoms with van der Waals surface area (Å²) in [6.45, 7) is 8.61. The number of piperidine rings is 2. The molecule has 2 aromatic heterocycles. The largest absolute Gasteiger partial charge is 0.369 e. The fraction of sp³-hybridized carbons (Fsp3) is 0.667. The number of ether oxygens (including phenoxy) is 2. The van der Waals surface area contributed by atoms with Crippen molar-refractivity contribution in [3.63, 3.8) is 0 Å². The quantitative estimate of drug-likeness (QED) is 0.725. The van der Waals surface area contributed by atoms with Crippen LogP contribution in [-0.4, -0.2) is 70.9 Å². The molecule has 0 aliphatic carbocycles. The van der Waals surface area contributed by atoms with E-state index in [2.05, 4.69) is 29.8 Å². The second kappa shape index (κ2) is 8.90. The standard InChI is InChI=1S/C24H33N5O3/c1-3-19-20(4-2)27-22-21(26-19)14-18(15-25-22)29-9-5-6-17(16-29)23(30)28-10-7-24(8-11-28)31-12-13-32-24/h14-15,17H,3-13,16H2,1-2H3/t17-/m1/s1. The molecule has 0 saturated carbocycles. The van der Waals surface area contributed by atoms with Crippen LogP contribution in [0.3, 0.4) is 0 Å². The Bertz CT molecular complexity index is 981. The molecule has 172 valence electrons. The molecule has 1 amide bonds. The van der Waals surface area contributed by atoms with Crippen molar-refractivity contribution < 1.29 is 14.3 Å². The highest BCUT2D eigenvalue weighted by atomic mass is 16.7. The SMILES string of the molecule is CCc1nc2cc(N3CCC[C@@H](C(=O)N4CCC5(CC4)OCCO5)C3)cnc2nc1CC. The third-order valence-electron chi connectivity index (χ3n) is 7.12. The molecule has 0 bridgehead atoms. The Morgan fingerprint density at radius 1 is 1.09 bits per heavy atom. The van der Waals surface area contributed by atoms with Crippen molar-refractivity contribution in [2.24, 2.45) is 5.92 Å². The van der Waals surface area contributed by atoms with Gasteiger partial charge < -0.3 is 19.3 Å². The van der Waals surface area contributed by atoms with E-state index in [1.54, 1.807) is 0 Å². The molecule has 0 N–H and O–H groups in total. The summed E-state index contributed by atoms with van der Waals surface area (Å²) in [5, 5.41) is 0. The number of fused-ring (bicyclic) bond motifs is 1. The van der Waals surface area contributed by atoms with Gasteiger partial charge in [0.15, 0.2) is 11.4 Å². The molecule has 5 rings (SSSR count). The van der Waals surface area contributed by atoms with E-state index in [4.69, 9.17) is 19.4 Å². The molecule has 32 heavy (non-hydrogen) atoms. The zero-order chi connectivity index (χ0) is 22.1. The van der Waals surface area contributed by atoms with Crippen LogP contribution < -0.4 is 4.90 Å². The Morgan fingerprint density at radius 3 is 2.53 bits per heavy atom. The van der Waals surface area contributed by atoms with Gasteiger partial charge in [0, 0.05) is 39.0 Å². The summed E-state index contributed by atoms with van der Waals surface area (Å²) in [4.78, 5) is 31.7. The molecule has 2 aromatic rings. The molecule has 5 heterocycles. The Labute approximate surface area is 189 Å². The molecule has 3 aliphatic heterocycles. The lowest BCUT2D eigenvalue weighted by molar-refractivity contribution is -0.188. The first-order chi connectivity index (χ1) is 15.6. The van der Waals surface area contributed by atoms with Crippen molar-refractivity contribution in [1.82, 2.24) is 19.9 Å². The Morgan fingerprint density at radius 2 is 1.81 bits per heavy atom. The lowest BCUT2D eigenvalue weighted by Crippen LogP contribution is -2.51. The lowest BCUT2D eigenvalue weighted by Gasteiger charge is -2.41. The summed E-state index contributed by atoms with van der Waals surface area (Å²) in [7, 11) is 0. The summed E-state index contributed by atoms with van der Waals surface area (Å²) in [6, 6.07) is 2.08. The van der Waals surface area contributed by atoms with E-state index < -0.39 is 5.79 Å². The van der Waals surface area contributed by atoms with Crippen LogP contribution >= 0.6 is 0 Å². The number of likely N-dealkylation sites (tertiary alicyclic amines) is 1. The van der Waals surface area contributed by atoms with Crippen LogP contribution in [0, 0.1) is 5.92 Å². The maximum atomic E-state index is 13.3. The van der Waals surface area contributed by atoms with Crippen LogP contribution in [-0.2, 0) is 27.1 Å². The minimum absolute atomic E-state index is 0.0127. The van der Waals surface area contributed by atoms with Crippen LogP contribution in [0.2, 0.25) is 0 Å². The van der Waals surface area contributed by atoms with Crippen LogP contribution in [0.25, 0.3) is 11.2 Å². The van der Waals surface area contributed by atoms with E-state index in [1.807, 2.05) is 11.1 Å². The average molecular weight is 440 g/mol. The minimum atomic E-state index is -0.442. The summed E-state index contributed by atoms with van der Waals surface area (Å²) in [5.41, 5.74) is 4.64. The number of hydrogen-bond donors (Lipinski definition) is 0. The fourth-order valence-corrected chi connectivity index (χ4v) is 5.27. The van der Waals surface area contributed by atoms with Crippen LogP contribution in [0.5, 0.6) is 0 Å². The predicted molar refractivity (Wildman–Crippen MR) is 121 cm³/mol. The Kier molecular flexibility index (Phi) is 5.99. The maximum Gasteiger partial charge on any atom is 0.227 e. The van der Waals surface area contributed by atoms with Gasteiger partial charge in [-0.15, -0.1) is 0 Å². The van der Waals surface area contributed by atoms with Gasteiger partial charge in [-0.05, 0) is 31.7 Å². The first-order valence-electron chi connectivity index (χ1n) is 12.1. The van der Waals surface area contributed by atoms with Crippen molar-refractivity contribution in [3.8, 4) is 0 Å². The van der Waals surface area contributed by atoms with Crippen LogP contribution in [0.4, 0.5) is 5.69 Å². The first-order valence-corrected chi connectivity index (χ1v) is 12.1. The number of aromatic nitrogens is 3. The number of aryl methyl sites for hydroxylation is 2. The van der Waals surface area contributed by atoms with Gasteiger partial charge in [0.1, 0.15) is 5.52 Å². The highest BCUT2D eigenvalue weighted by Gasteiger charge is 2.42. The molecule has 3 fully saturated rings. The highest BCUT2D eigenvalue weighted by molar-refractivity contribution is 5.80. The second-order valence-corrected chi connectivity index (χ2v) is 9.08. The smallest absolute Gasteiger partial charge is 0.227 e. The Balaban J connectivity index is 1.28. The van der Waals surface area contributed by atoms with Gasteiger partial charge in [0.2, 0.25) is 5.91 Å². The van der Waals surface area contributed by atoms with Crippen molar-refractivity contribution >= 4 is 22.8 Å². The summed E-state index contributed by atoms with van der Waals surface area (Å²) in [6.07, 6.45) is 7.08. The molecule has 0 aromatic carbocycles. The number of nitrogens with zero attached hydrogens (tertiary/aromatic N) is 5. The van der Waals surface area contributed by atoms with E-state index in [-0.39, 0.29) is 11.8 Å². The Hall–Kier alpha value is -2.32. The third-order valence-corrected chi connectivity index (χ3v) is 7.12. The van der Waals surface area contributed by atoms with E-state index in [0.717, 1.165) is 74.2 Å². The van der Waals surface area contributed by atoms with Gasteiger partial charge in [-0.3, -0.25) is 4.79 Å². The monoisotopic (exact) mass is 439 g/mol. The van der Waals surface area contributed by atoms with Crippen molar-refractivity contribution in [3.05, 3.63) is 23.7 Å². The highest BCUT2D eigenvalue weighted by Crippen LogP contribution is 2.33. The van der Waals surface area contributed by atoms with Crippen molar-refractivity contribution in [1.29, 1.82) is 0 Å². The molecular formula is C24H33N5O3. The lowest BCUT2D eigenvalue weighted by atomic mass is 9.94. The molecule has 1 spiro atoms. The van der Waals surface area contributed by atoms with Gasteiger partial charge in [0.05, 0.1) is 42.4 Å². The number of carbonyl (C=O) groups is 1. The molecule has 8 heteroatoms. The fourth-order valence-electron chi connectivity index (χ4n) is 5.27.